The molecule has 2 rings (SSSR count). The topological polar surface area (TPSA) is 66.5 Å². The van der Waals surface area contributed by atoms with Crippen LogP contribution in [0.15, 0.2) is 48.5 Å². The van der Waals surface area contributed by atoms with Crippen molar-refractivity contribution in [3.8, 4) is 0 Å². The maximum Gasteiger partial charge on any atom is 0.243 e. The van der Waals surface area contributed by atoms with Crippen LogP contribution < -0.4 is 9.62 Å². The maximum absolute atomic E-state index is 12.5. The van der Waals surface area contributed by atoms with Crippen LogP contribution >= 0.6 is 11.6 Å². The van der Waals surface area contributed by atoms with Crippen LogP contribution in [-0.4, -0.2) is 33.2 Å². The van der Waals surface area contributed by atoms with Crippen molar-refractivity contribution in [1.82, 2.24) is 5.32 Å². The van der Waals surface area contributed by atoms with Crippen molar-refractivity contribution in [2.24, 2.45) is 0 Å². The summed E-state index contributed by atoms with van der Waals surface area (Å²) in [6.07, 6.45) is 3.54. The van der Waals surface area contributed by atoms with E-state index >= 15 is 0 Å². The van der Waals surface area contributed by atoms with Gasteiger partial charge in [0, 0.05) is 11.6 Å². The van der Waals surface area contributed by atoms with Gasteiger partial charge in [-0.05, 0) is 61.6 Å². The number of aryl methyl sites for hydroxylation is 2. The van der Waals surface area contributed by atoms with Crippen LogP contribution in [0.1, 0.15) is 31.4 Å². The van der Waals surface area contributed by atoms with E-state index in [1.54, 1.807) is 19.1 Å². The van der Waals surface area contributed by atoms with Crippen LogP contribution in [0.2, 0.25) is 5.02 Å². The van der Waals surface area contributed by atoms with E-state index in [-0.39, 0.29) is 5.91 Å². The van der Waals surface area contributed by atoms with Gasteiger partial charge in [-0.2, -0.15) is 0 Å². The van der Waals surface area contributed by atoms with Gasteiger partial charge in [-0.3, -0.25) is 9.10 Å². The number of nitrogens with one attached hydrogen (secondary N) is 1. The lowest BCUT2D eigenvalue weighted by Gasteiger charge is -2.28. The Hall–Kier alpha value is -2.05. The number of halogens is 1. The Morgan fingerprint density at radius 2 is 1.64 bits per heavy atom. The molecule has 0 heterocycles. The zero-order valence-electron chi connectivity index (χ0n) is 16.5. The Morgan fingerprint density at radius 1 is 1.07 bits per heavy atom. The van der Waals surface area contributed by atoms with E-state index in [0.717, 1.165) is 36.6 Å². The predicted octanol–water partition coefficient (Wildman–Crippen LogP) is 3.81. The van der Waals surface area contributed by atoms with E-state index < -0.39 is 16.1 Å². The first-order valence-corrected chi connectivity index (χ1v) is 11.6. The summed E-state index contributed by atoms with van der Waals surface area (Å²) in [6, 6.07) is 14.0. The minimum absolute atomic E-state index is 0.318. The molecule has 1 atom stereocenters. The molecule has 1 unspecified atom stereocenters. The third-order valence-corrected chi connectivity index (χ3v) is 6.04. The van der Waals surface area contributed by atoms with E-state index in [4.69, 9.17) is 11.6 Å². The highest BCUT2D eigenvalue weighted by atomic mass is 35.5. The van der Waals surface area contributed by atoms with Crippen molar-refractivity contribution in [2.75, 3.05) is 17.1 Å². The number of amides is 1. The SMILES string of the molecule is CCc1ccc(N(C(C)C(=O)NCCCc2ccc(Cl)cc2)S(C)(=O)=O)cc1. The highest BCUT2D eigenvalue weighted by Gasteiger charge is 2.28. The van der Waals surface area contributed by atoms with Crippen molar-refractivity contribution in [1.29, 1.82) is 0 Å². The molecule has 0 bridgehead atoms. The van der Waals surface area contributed by atoms with E-state index in [9.17, 15) is 13.2 Å². The Balaban J connectivity index is 1.97. The summed E-state index contributed by atoms with van der Waals surface area (Å²) in [5, 5.41) is 3.53. The van der Waals surface area contributed by atoms with Gasteiger partial charge in [0.25, 0.3) is 0 Å². The number of benzene rings is 2. The van der Waals surface area contributed by atoms with Gasteiger partial charge < -0.3 is 5.32 Å². The van der Waals surface area contributed by atoms with Gasteiger partial charge in [0.2, 0.25) is 15.9 Å². The number of carbonyl (C=O) groups excluding carboxylic acids is 1. The molecular weight excluding hydrogens is 396 g/mol. The second-order valence-corrected chi connectivity index (χ2v) is 9.07. The molecule has 0 aliphatic rings. The molecule has 0 radical (unpaired) electrons. The highest BCUT2D eigenvalue weighted by molar-refractivity contribution is 7.92. The summed E-state index contributed by atoms with van der Waals surface area (Å²) in [6.45, 7) is 4.10. The number of hydrogen-bond donors (Lipinski definition) is 1. The van der Waals surface area contributed by atoms with Gasteiger partial charge in [0.15, 0.2) is 0 Å². The monoisotopic (exact) mass is 422 g/mol. The lowest BCUT2D eigenvalue weighted by atomic mass is 10.1. The number of carbonyl (C=O) groups is 1. The smallest absolute Gasteiger partial charge is 0.243 e. The van der Waals surface area contributed by atoms with Gasteiger partial charge in [0.05, 0.1) is 11.9 Å². The number of hydrogen-bond acceptors (Lipinski definition) is 3. The fraction of sp³-hybridized carbons (Fsp3) is 0.381. The van der Waals surface area contributed by atoms with Gasteiger partial charge in [-0.25, -0.2) is 8.42 Å². The predicted molar refractivity (Wildman–Crippen MR) is 115 cm³/mol. The summed E-state index contributed by atoms with van der Waals surface area (Å²) in [7, 11) is -3.60. The molecule has 0 aliphatic heterocycles. The molecule has 0 saturated carbocycles. The molecule has 5 nitrogen and oxygen atoms in total. The van der Waals surface area contributed by atoms with E-state index in [1.807, 2.05) is 43.3 Å². The molecule has 0 fully saturated rings. The molecule has 0 aliphatic carbocycles. The van der Waals surface area contributed by atoms with Crippen molar-refractivity contribution in [2.45, 2.75) is 39.2 Å². The van der Waals surface area contributed by atoms with Crippen molar-refractivity contribution >= 4 is 33.2 Å². The standard InChI is InChI=1S/C21H27ClN2O3S/c1-4-17-9-13-20(14-10-17)24(28(3,26)27)16(2)21(25)23-15-5-6-18-7-11-19(22)12-8-18/h7-14,16H,4-6,15H2,1-3H3,(H,23,25). The molecule has 2 aromatic carbocycles. The number of rotatable bonds is 9. The summed E-state index contributed by atoms with van der Waals surface area (Å²) < 4.78 is 25.8. The molecule has 7 heteroatoms. The normalized spacial score (nSPS) is 12.4. The number of anilines is 1. The van der Waals surface area contributed by atoms with Crippen LogP contribution in [0, 0.1) is 0 Å². The van der Waals surface area contributed by atoms with Crippen molar-refractivity contribution < 1.29 is 13.2 Å². The number of nitrogens with zero attached hydrogens (tertiary/aromatic N) is 1. The third-order valence-electron chi connectivity index (χ3n) is 4.54. The first-order valence-electron chi connectivity index (χ1n) is 9.33. The van der Waals surface area contributed by atoms with E-state index in [0.29, 0.717) is 17.3 Å². The number of sulfonamides is 1. The van der Waals surface area contributed by atoms with E-state index in [1.165, 1.54) is 4.31 Å². The summed E-state index contributed by atoms with van der Waals surface area (Å²) in [5.74, 6) is -0.318. The molecule has 152 valence electrons. The first-order chi connectivity index (χ1) is 13.2. The Kier molecular flexibility index (Phi) is 7.89. The van der Waals surface area contributed by atoms with Crippen molar-refractivity contribution in [3.05, 3.63) is 64.7 Å². The van der Waals surface area contributed by atoms with Crippen LogP contribution in [0.25, 0.3) is 0 Å². The molecule has 2 aromatic rings. The molecular formula is C21H27ClN2O3S. The van der Waals surface area contributed by atoms with Gasteiger partial charge >= 0.3 is 0 Å². The van der Waals surface area contributed by atoms with Crippen molar-refractivity contribution in [3.63, 3.8) is 0 Å². The maximum atomic E-state index is 12.5. The fourth-order valence-corrected chi connectivity index (χ4v) is 4.29. The Bertz CT molecular complexity index is 881. The molecule has 1 N–H and O–H groups in total. The minimum Gasteiger partial charge on any atom is -0.354 e. The second-order valence-electron chi connectivity index (χ2n) is 6.78. The first kappa shape index (κ1) is 22.2. The zero-order valence-corrected chi connectivity index (χ0v) is 18.1. The highest BCUT2D eigenvalue weighted by Crippen LogP contribution is 2.21. The summed E-state index contributed by atoms with van der Waals surface area (Å²) >= 11 is 5.87. The molecule has 0 spiro atoms. The minimum atomic E-state index is -3.60. The van der Waals surface area contributed by atoms with Crippen LogP contribution in [-0.2, 0) is 27.7 Å². The van der Waals surface area contributed by atoms with E-state index in [2.05, 4.69) is 5.32 Å². The van der Waals surface area contributed by atoms with Crippen LogP contribution in [0.5, 0.6) is 0 Å². The largest absolute Gasteiger partial charge is 0.354 e. The lowest BCUT2D eigenvalue weighted by Crippen LogP contribution is -2.48. The van der Waals surface area contributed by atoms with Gasteiger partial charge in [-0.15, -0.1) is 0 Å². The third kappa shape index (κ3) is 6.24. The van der Waals surface area contributed by atoms with Gasteiger partial charge in [-0.1, -0.05) is 42.8 Å². The molecule has 0 aromatic heterocycles. The zero-order chi connectivity index (χ0) is 20.7. The summed E-state index contributed by atoms with van der Waals surface area (Å²) in [5.41, 5.74) is 2.74. The molecule has 0 saturated heterocycles. The lowest BCUT2D eigenvalue weighted by molar-refractivity contribution is -0.121. The molecule has 1 amide bonds. The Morgan fingerprint density at radius 3 is 2.18 bits per heavy atom. The summed E-state index contributed by atoms with van der Waals surface area (Å²) in [4.78, 5) is 12.5. The van der Waals surface area contributed by atoms with Crippen LogP contribution in [0.3, 0.4) is 0 Å². The quantitative estimate of drug-likeness (QED) is 0.625. The fourth-order valence-electron chi connectivity index (χ4n) is 2.99. The van der Waals surface area contributed by atoms with Gasteiger partial charge in [0.1, 0.15) is 6.04 Å². The second kappa shape index (κ2) is 9.94. The Labute approximate surface area is 172 Å². The van der Waals surface area contributed by atoms with Crippen LogP contribution in [0.4, 0.5) is 5.69 Å². The average Bonchev–Trinajstić information content (AvgIpc) is 2.66. The molecule has 28 heavy (non-hydrogen) atoms. The average molecular weight is 423 g/mol.